The topological polar surface area (TPSA) is 60.2 Å². The molecule has 1 aliphatic rings. The molecule has 1 amide bonds. The SMILES string of the molecule is Cc1cc(Cc2ccccc2F)cc(C2CN(C(=O)Cn3cnc4ccccc43)CCO2)n1. The Kier molecular flexibility index (Phi) is 5.88. The minimum atomic E-state index is -0.318. The smallest absolute Gasteiger partial charge is 0.242 e. The van der Waals surface area contributed by atoms with Crippen LogP contribution in [0.25, 0.3) is 11.0 Å². The van der Waals surface area contributed by atoms with Crippen LogP contribution < -0.4 is 0 Å². The number of aryl methyl sites for hydroxylation is 1. The van der Waals surface area contributed by atoms with Gasteiger partial charge in [0.05, 0.1) is 36.2 Å². The minimum Gasteiger partial charge on any atom is -0.368 e. The van der Waals surface area contributed by atoms with E-state index in [0.717, 1.165) is 28.0 Å². The first-order chi connectivity index (χ1) is 16.1. The summed E-state index contributed by atoms with van der Waals surface area (Å²) in [4.78, 5) is 23.9. The number of ether oxygens (including phenoxy) is 1. The third kappa shape index (κ3) is 4.64. The Morgan fingerprint density at radius 2 is 1.97 bits per heavy atom. The zero-order chi connectivity index (χ0) is 22.8. The fraction of sp³-hybridized carbons (Fsp3) is 0.269. The van der Waals surface area contributed by atoms with E-state index in [1.807, 2.05) is 58.9 Å². The van der Waals surface area contributed by atoms with Crippen LogP contribution in [-0.2, 0) is 22.5 Å². The first-order valence-corrected chi connectivity index (χ1v) is 11.1. The van der Waals surface area contributed by atoms with Crippen LogP contribution in [0.2, 0.25) is 0 Å². The van der Waals surface area contributed by atoms with Gasteiger partial charge in [-0.15, -0.1) is 0 Å². The average molecular weight is 445 g/mol. The highest BCUT2D eigenvalue weighted by atomic mass is 19.1. The number of carbonyl (C=O) groups excluding carboxylic acids is 1. The number of para-hydroxylation sites is 2. The maximum atomic E-state index is 14.1. The second kappa shape index (κ2) is 9.11. The molecule has 0 bridgehead atoms. The summed E-state index contributed by atoms with van der Waals surface area (Å²) in [6.45, 7) is 3.56. The van der Waals surface area contributed by atoms with E-state index in [0.29, 0.717) is 31.7 Å². The fourth-order valence-corrected chi connectivity index (χ4v) is 4.33. The molecule has 1 aliphatic heterocycles. The van der Waals surface area contributed by atoms with Gasteiger partial charge in [0.15, 0.2) is 0 Å². The maximum Gasteiger partial charge on any atom is 0.242 e. The molecule has 0 saturated carbocycles. The van der Waals surface area contributed by atoms with Gasteiger partial charge in [0, 0.05) is 18.7 Å². The van der Waals surface area contributed by atoms with Gasteiger partial charge in [0.2, 0.25) is 5.91 Å². The number of fused-ring (bicyclic) bond motifs is 1. The van der Waals surface area contributed by atoms with Crippen molar-refractivity contribution in [2.24, 2.45) is 0 Å². The Morgan fingerprint density at radius 3 is 2.85 bits per heavy atom. The molecule has 3 heterocycles. The number of aromatic nitrogens is 3. The molecular weight excluding hydrogens is 419 g/mol. The quantitative estimate of drug-likeness (QED) is 0.466. The number of amides is 1. The Labute approximate surface area is 191 Å². The normalized spacial score (nSPS) is 16.3. The summed E-state index contributed by atoms with van der Waals surface area (Å²) in [5.41, 5.74) is 5.04. The third-order valence-corrected chi connectivity index (χ3v) is 5.97. The van der Waals surface area contributed by atoms with Crippen LogP contribution in [0.3, 0.4) is 0 Å². The number of pyridine rings is 1. The lowest BCUT2D eigenvalue weighted by Crippen LogP contribution is -2.43. The second-order valence-electron chi connectivity index (χ2n) is 8.37. The van der Waals surface area contributed by atoms with E-state index < -0.39 is 0 Å². The van der Waals surface area contributed by atoms with Gasteiger partial charge in [-0.3, -0.25) is 9.78 Å². The Bertz CT molecular complexity index is 1300. The van der Waals surface area contributed by atoms with Crippen molar-refractivity contribution in [3.8, 4) is 0 Å². The van der Waals surface area contributed by atoms with Crippen molar-refractivity contribution in [2.45, 2.75) is 26.0 Å². The largest absolute Gasteiger partial charge is 0.368 e. The predicted molar refractivity (Wildman–Crippen MR) is 123 cm³/mol. The van der Waals surface area contributed by atoms with Crippen molar-refractivity contribution in [1.82, 2.24) is 19.4 Å². The number of morpholine rings is 1. The van der Waals surface area contributed by atoms with Gasteiger partial charge < -0.3 is 14.2 Å². The molecule has 1 unspecified atom stereocenters. The number of nitrogens with zero attached hydrogens (tertiary/aromatic N) is 4. The molecular formula is C26H25FN4O2. The third-order valence-electron chi connectivity index (χ3n) is 5.97. The molecule has 1 fully saturated rings. The van der Waals surface area contributed by atoms with Crippen LogP contribution in [0.1, 0.15) is 28.6 Å². The number of imidazole rings is 1. The molecule has 5 rings (SSSR count). The van der Waals surface area contributed by atoms with Crippen LogP contribution in [-0.4, -0.2) is 45.0 Å². The summed E-state index contributed by atoms with van der Waals surface area (Å²) >= 11 is 0. The highest BCUT2D eigenvalue weighted by molar-refractivity contribution is 5.80. The van der Waals surface area contributed by atoms with Crippen molar-refractivity contribution < 1.29 is 13.9 Å². The summed E-state index contributed by atoms with van der Waals surface area (Å²) in [7, 11) is 0. The van der Waals surface area contributed by atoms with Gasteiger partial charge in [-0.25, -0.2) is 9.37 Å². The lowest BCUT2D eigenvalue weighted by Gasteiger charge is -2.33. The number of benzene rings is 2. The highest BCUT2D eigenvalue weighted by Crippen LogP contribution is 2.24. The van der Waals surface area contributed by atoms with Crippen molar-refractivity contribution >= 4 is 16.9 Å². The van der Waals surface area contributed by atoms with E-state index >= 15 is 0 Å². The molecule has 7 heteroatoms. The standard InChI is InChI=1S/C26H25FN4O2/c1-18-12-19(13-20-6-2-3-7-21(20)27)14-23(29-18)25-15-30(10-11-33-25)26(32)16-31-17-28-22-8-4-5-9-24(22)31/h2-9,12,14,17,25H,10-11,13,15-16H2,1H3. The van der Waals surface area contributed by atoms with Gasteiger partial charge in [-0.1, -0.05) is 30.3 Å². The van der Waals surface area contributed by atoms with E-state index in [9.17, 15) is 9.18 Å². The van der Waals surface area contributed by atoms with E-state index in [1.54, 1.807) is 18.5 Å². The molecule has 0 spiro atoms. The molecule has 2 aromatic carbocycles. The number of carbonyl (C=O) groups is 1. The number of hydrogen-bond acceptors (Lipinski definition) is 4. The van der Waals surface area contributed by atoms with Crippen molar-refractivity contribution in [3.05, 3.63) is 95.3 Å². The first kappa shape index (κ1) is 21.3. The average Bonchev–Trinajstić information content (AvgIpc) is 3.23. The van der Waals surface area contributed by atoms with Gasteiger partial charge in [-0.2, -0.15) is 0 Å². The summed E-state index contributed by atoms with van der Waals surface area (Å²) in [5, 5.41) is 0. The van der Waals surface area contributed by atoms with Crippen molar-refractivity contribution in [1.29, 1.82) is 0 Å². The van der Waals surface area contributed by atoms with E-state index in [4.69, 9.17) is 4.74 Å². The number of halogens is 1. The Morgan fingerprint density at radius 1 is 1.15 bits per heavy atom. The molecule has 4 aromatic rings. The molecule has 1 saturated heterocycles. The van der Waals surface area contributed by atoms with Crippen LogP contribution >= 0.6 is 0 Å². The van der Waals surface area contributed by atoms with E-state index in [1.165, 1.54) is 6.07 Å². The molecule has 0 N–H and O–H groups in total. The van der Waals surface area contributed by atoms with Crippen LogP contribution in [0.4, 0.5) is 4.39 Å². The van der Waals surface area contributed by atoms with Crippen LogP contribution in [0, 0.1) is 12.7 Å². The van der Waals surface area contributed by atoms with E-state index in [-0.39, 0.29) is 24.4 Å². The summed E-state index contributed by atoms with van der Waals surface area (Å²) in [6.07, 6.45) is 1.87. The van der Waals surface area contributed by atoms with Gasteiger partial charge in [-0.05, 0) is 48.4 Å². The van der Waals surface area contributed by atoms with E-state index in [2.05, 4.69) is 9.97 Å². The zero-order valence-corrected chi connectivity index (χ0v) is 18.4. The van der Waals surface area contributed by atoms with Crippen molar-refractivity contribution in [2.75, 3.05) is 19.7 Å². The minimum absolute atomic E-state index is 0.0192. The molecule has 168 valence electrons. The summed E-state index contributed by atoms with van der Waals surface area (Å²) in [6, 6.07) is 18.5. The number of hydrogen-bond donors (Lipinski definition) is 0. The Hall–Kier alpha value is -3.58. The molecule has 6 nitrogen and oxygen atoms in total. The summed E-state index contributed by atoms with van der Waals surface area (Å²) in [5.74, 6) is -0.197. The van der Waals surface area contributed by atoms with Gasteiger partial charge in [0.1, 0.15) is 18.5 Å². The van der Waals surface area contributed by atoms with Crippen LogP contribution in [0.15, 0.2) is 67.0 Å². The zero-order valence-electron chi connectivity index (χ0n) is 18.4. The van der Waals surface area contributed by atoms with Crippen molar-refractivity contribution in [3.63, 3.8) is 0 Å². The molecule has 0 aliphatic carbocycles. The molecule has 2 aromatic heterocycles. The monoisotopic (exact) mass is 444 g/mol. The Balaban J connectivity index is 1.31. The molecule has 33 heavy (non-hydrogen) atoms. The number of rotatable bonds is 5. The summed E-state index contributed by atoms with van der Waals surface area (Å²) < 4.78 is 22.0. The molecule has 1 atom stereocenters. The molecule has 0 radical (unpaired) electrons. The lowest BCUT2D eigenvalue weighted by molar-refractivity contribution is -0.139. The fourth-order valence-electron chi connectivity index (χ4n) is 4.33. The van der Waals surface area contributed by atoms with Gasteiger partial charge in [0.25, 0.3) is 0 Å². The second-order valence-corrected chi connectivity index (χ2v) is 8.37. The van der Waals surface area contributed by atoms with Crippen LogP contribution in [0.5, 0.6) is 0 Å². The maximum absolute atomic E-state index is 14.1. The highest BCUT2D eigenvalue weighted by Gasteiger charge is 2.27. The predicted octanol–water partition coefficient (Wildman–Crippen LogP) is 4.07. The first-order valence-electron chi connectivity index (χ1n) is 11.1. The van der Waals surface area contributed by atoms with Gasteiger partial charge >= 0.3 is 0 Å². The lowest BCUT2D eigenvalue weighted by atomic mass is 10.0.